The van der Waals surface area contributed by atoms with Gasteiger partial charge in [0.1, 0.15) is 29.5 Å². The second-order valence-electron chi connectivity index (χ2n) is 5.94. The predicted octanol–water partition coefficient (Wildman–Crippen LogP) is 2.80. The van der Waals surface area contributed by atoms with Crippen LogP contribution in [0.25, 0.3) is 6.08 Å². The minimum Gasteiger partial charge on any atom is -0.496 e. The highest BCUT2D eigenvalue weighted by molar-refractivity contribution is 7.93. The molecule has 0 unspecified atom stereocenters. The molecule has 0 aliphatic carbocycles. The Bertz CT molecular complexity index is 1340. The maximum Gasteiger partial charge on any atom is 0.322 e. The largest absolute Gasteiger partial charge is 0.496 e. The van der Waals surface area contributed by atoms with Crippen molar-refractivity contribution in [1.82, 2.24) is 0 Å². The van der Waals surface area contributed by atoms with E-state index in [9.17, 15) is 13.2 Å². The van der Waals surface area contributed by atoms with Crippen molar-refractivity contribution in [3.05, 3.63) is 46.9 Å². The molecule has 2 aromatic carbocycles. The van der Waals surface area contributed by atoms with Crippen LogP contribution >= 0.6 is 0 Å². The van der Waals surface area contributed by atoms with Gasteiger partial charge in [0.25, 0.3) is 0 Å². The molecule has 0 aromatic heterocycles. The number of ether oxygens (including phenoxy) is 4. The molecular weight excluding hydrogens is 426 g/mol. The van der Waals surface area contributed by atoms with Crippen LogP contribution < -0.4 is 24.3 Å². The number of carboxylic acids is 1. The van der Waals surface area contributed by atoms with Crippen LogP contribution in [-0.2, 0) is 20.4 Å². The average Bonchev–Trinajstić information content (AvgIpc) is 2.75. The Morgan fingerprint density at radius 1 is 1.10 bits per heavy atom. The molecule has 2 rings (SSSR count). The van der Waals surface area contributed by atoms with Crippen LogP contribution in [0.15, 0.2) is 35.7 Å². The molecule has 2 aromatic rings. The van der Waals surface area contributed by atoms with Gasteiger partial charge in [0.05, 0.1) is 56.3 Å². The van der Waals surface area contributed by atoms with Crippen LogP contribution in [0.2, 0.25) is 0 Å². The standard InChI is InChI=1S/C21H25NO8S/c1-27-15-10-19(29-3)16(20(11-15)30-4)7-8-31(25,26)13-14-5-6-18(28-2)17(9-14)22-12-21(23)24/h5-11,22H,12-13H2,1-4H3,(H,23,24)/b8-7+/i1D3,3D3,12D2. The number of sulfone groups is 1. The molecule has 2 N–H and O–H groups in total. The number of hydrogen-bond acceptors (Lipinski definition) is 8. The molecule has 10 heteroatoms. The SMILES string of the molecule is [2H]C([2H])([2H])Oc1cc(OC)c(/C=C/S(=O)(=O)Cc2ccc(OC)c(NC([2H])([2H])C(=O)O)c2)c(OC([2H])([2H])[2H])c1. The molecule has 0 heterocycles. The van der Waals surface area contributed by atoms with Gasteiger partial charge in [-0.1, -0.05) is 6.07 Å². The minimum atomic E-state index is -4.09. The monoisotopic (exact) mass is 459 g/mol. The van der Waals surface area contributed by atoms with Crippen molar-refractivity contribution >= 4 is 27.6 Å². The average molecular weight is 460 g/mol. The Morgan fingerprint density at radius 3 is 2.39 bits per heavy atom. The maximum absolute atomic E-state index is 12.9. The topological polar surface area (TPSA) is 120 Å². The zero-order valence-corrected chi connectivity index (χ0v) is 17.3. The lowest BCUT2D eigenvalue weighted by Gasteiger charge is -2.13. The third kappa shape index (κ3) is 6.54. The zero-order chi connectivity index (χ0) is 29.8. The van der Waals surface area contributed by atoms with Crippen molar-refractivity contribution in [2.75, 3.05) is 40.1 Å². The molecule has 0 saturated heterocycles. The highest BCUT2D eigenvalue weighted by Gasteiger charge is 2.15. The first-order valence-electron chi connectivity index (χ1n) is 12.4. The normalized spacial score (nSPS) is 16.3. The quantitative estimate of drug-likeness (QED) is 0.522. The first-order chi connectivity index (χ1) is 17.7. The highest BCUT2D eigenvalue weighted by Crippen LogP contribution is 2.35. The highest BCUT2D eigenvalue weighted by atomic mass is 32.2. The van der Waals surface area contributed by atoms with Gasteiger partial charge in [0, 0.05) is 17.5 Å². The predicted molar refractivity (Wildman–Crippen MR) is 117 cm³/mol. The van der Waals surface area contributed by atoms with Gasteiger partial charge in [-0.2, -0.15) is 0 Å². The summed E-state index contributed by atoms with van der Waals surface area (Å²) in [6, 6.07) is 5.98. The summed E-state index contributed by atoms with van der Waals surface area (Å²) in [6.45, 7) is -2.88. The van der Waals surface area contributed by atoms with Crippen molar-refractivity contribution in [3.8, 4) is 23.0 Å². The number of rotatable bonds is 11. The van der Waals surface area contributed by atoms with E-state index in [0.29, 0.717) is 0 Å². The van der Waals surface area contributed by atoms with Gasteiger partial charge in [-0.15, -0.1) is 0 Å². The summed E-state index contributed by atoms with van der Waals surface area (Å²) in [4.78, 5) is 11.1. The molecule has 168 valence electrons. The molecule has 31 heavy (non-hydrogen) atoms. The van der Waals surface area contributed by atoms with Crippen molar-refractivity contribution in [1.29, 1.82) is 0 Å². The fraction of sp³-hybridized carbons (Fsp3) is 0.286. The lowest BCUT2D eigenvalue weighted by Crippen LogP contribution is -2.13. The third-order valence-corrected chi connectivity index (χ3v) is 5.19. The molecule has 9 nitrogen and oxygen atoms in total. The molecule has 0 amide bonds. The van der Waals surface area contributed by atoms with Gasteiger partial charge in [0.15, 0.2) is 9.84 Å². The number of methoxy groups -OCH3 is 4. The molecule has 0 spiro atoms. The van der Waals surface area contributed by atoms with Crippen molar-refractivity contribution in [2.45, 2.75) is 5.75 Å². The summed E-state index contributed by atoms with van der Waals surface area (Å²) in [5.41, 5.74) is -0.111. The molecule has 0 atom stereocenters. The van der Waals surface area contributed by atoms with E-state index in [1.54, 1.807) is 0 Å². The molecular formula is C21H25NO8S. The van der Waals surface area contributed by atoms with E-state index in [2.05, 4.69) is 5.32 Å². The molecule has 0 radical (unpaired) electrons. The number of hydrogen-bond donors (Lipinski definition) is 2. The van der Waals surface area contributed by atoms with Crippen LogP contribution in [0, 0.1) is 0 Å². The third-order valence-electron chi connectivity index (χ3n) is 3.90. The minimum absolute atomic E-state index is 0.0624. The number of aliphatic carboxylic acids is 1. The summed E-state index contributed by atoms with van der Waals surface area (Å²) < 4.78 is 105. The fourth-order valence-electron chi connectivity index (χ4n) is 2.57. The summed E-state index contributed by atoms with van der Waals surface area (Å²) in [7, 11) is -7.51. The number of nitrogens with one attached hydrogen (secondary N) is 1. The zero-order valence-electron chi connectivity index (χ0n) is 24.5. The van der Waals surface area contributed by atoms with Gasteiger partial charge in [-0.25, -0.2) is 8.42 Å². The van der Waals surface area contributed by atoms with E-state index < -0.39 is 47.9 Å². The van der Waals surface area contributed by atoms with E-state index >= 15 is 0 Å². The van der Waals surface area contributed by atoms with Crippen molar-refractivity contribution in [3.63, 3.8) is 0 Å². The van der Waals surface area contributed by atoms with E-state index in [1.165, 1.54) is 32.4 Å². The first kappa shape index (κ1) is 14.6. The molecule has 0 bridgehead atoms. The smallest absolute Gasteiger partial charge is 0.322 e. The Kier molecular flexibility index (Phi) is 4.97. The summed E-state index contributed by atoms with van der Waals surface area (Å²) >= 11 is 0. The van der Waals surface area contributed by atoms with Gasteiger partial charge in [-0.3, -0.25) is 4.79 Å². The first-order valence-corrected chi connectivity index (χ1v) is 10.2. The van der Waals surface area contributed by atoms with E-state index in [-0.39, 0.29) is 34.1 Å². The Labute approximate surface area is 192 Å². The molecule has 0 saturated carbocycles. The number of benzene rings is 2. The number of anilines is 1. The van der Waals surface area contributed by atoms with Crippen molar-refractivity contribution < 1.29 is 48.2 Å². The summed E-state index contributed by atoms with van der Waals surface area (Å²) in [6.07, 6.45) is 1.00. The van der Waals surface area contributed by atoms with Crippen LogP contribution in [0.1, 0.15) is 22.1 Å². The summed E-state index contributed by atoms with van der Waals surface area (Å²) in [5.74, 6) is -3.26. The lowest BCUT2D eigenvalue weighted by molar-refractivity contribution is -0.134. The Balaban J connectivity index is 2.46. The Morgan fingerprint density at radius 2 is 1.77 bits per heavy atom. The summed E-state index contributed by atoms with van der Waals surface area (Å²) in [5, 5.41) is 11.9. The molecule has 0 fully saturated rings. The van der Waals surface area contributed by atoms with Crippen LogP contribution in [0.3, 0.4) is 0 Å². The van der Waals surface area contributed by atoms with Crippen LogP contribution in [0.5, 0.6) is 23.0 Å². The number of carbonyl (C=O) groups is 1. The number of carboxylic acid groups (broad SMARTS) is 1. The van der Waals surface area contributed by atoms with Gasteiger partial charge < -0.3 is 29.4 Å². The van der Waals surface area contributed by atoms with E-state index in [1.807, 2.05) is 0 Å². The molecule has 0 aliphatic rings. The second kappa shape index (κ2) is 10.6. The van der Waals surface area contributed by atoms with Crippen LogP contribution in [0.4, 0.5) is 5.69 Å². The van der Waals surface area contributed by atoms with Crippen LogP contribution in [-0.4, -0.2) is 54.3 Å². The molecule has 0 aliphatic heterocycles. The second-order valence-corrected chi connectivity index (χ2v) is 7.83. The Hall–Kier alpha value is -3.40. The maximum atomic E-state index is 12.9. The van der Waals surface area contributed by atoms with Gasteiger partial charge >= 0.3 is 5.97 Å². The lowest BCUT2D eigenvalue weighted by atomic mass is 10.1. The van der Waals surface area contributed by atoms with E-state index in [0.717, 1.165) is 23.6 Å². The fourth-order valence-corrected chi connectivity index (χ4v) is 3.65. The van der Waals surface area contributed by atoms with Gasteiger partial charge in [0.2, 0.25) is 0 Å². The van der Waals surface area contributed by atoms with E-state index in [4.69, 9.17) is 35.0 Å². The van der Waals surface area contributed by atoms with Gasteiger partial charge in [-0.05, 0) is 23.8 Å². The van der Waals surface area contributed by atoms with Crippen molar-refractivity contribution in [2.24, 2.45) is 0 Å².